The second-order valence-corrected chi connectivity index (χ2v) is 7.59. The molecule has 0 aliphatic rings. The second-order valence-electron chi connectivity index (χ2n) is 7.59. The van der Waals surface area contributed by atoms with Gasteiger partial charge >= 0.3 is 0 Å². The van der Waals surface area contributed by atoms with Crippen LogP contribution in [0.25, 0.3) is 27.8 Å². The molecule has 0 saturated carbocycles. The molecule has 0 atom stereocenters. The minimum Gasteiger partial charge on any atom is -0.457 e. The van der Waals surface area contributed by atoms with Crippen molar-refractivity contribution in [3.8, 4) is 0 Å². The molecular formula is C25H24N4O4. The van der Waals surface area contributed by atoms with Gasteiger partial charge in [-0.3, -0.25) is 25.2 Å². The minimum absolute atomic E-state index is 0.0725. The van der Waals surface area contributed by atoms with E-state index in [1.807, 2.05) is 30.3 Å². The first kappa shape index (κ1) is 22.0. The fourth-order valence-electron chi connectivity index (χ4n) is 3.53. The maximum atomic E-state index is 12.8. The number of nitrogens with one attached hydrogen (secondary N) is 2. The van der Waals surface area contributed by atoms with Gasteiger partial charge in [-0.05, 0) is 30.7 Å². The molecule has 0 fully saturated rings. The number of carbonyl (C=O) groups excluding carboxylic acids is 2. The van der Waals surface area contributed by atoms with E-state index in [4.69, 9.17) is 4.42 Å². The number of fused-ring (bicyclic) bond motifs is 2. The van der Waals surface area contributed by atoms with Gasteiger partial charge < -0.3 is 4.42 Å². The van der Waals surface area contributed by atoms with Crippen molar-refractivity contribution in [3.05, 3.63) is 82.5 Å². The molecule has 2 aromatic heterocycles. The van der Waals surface area contributed by atoms with Crippen molar-refractivity contribution in [2.45, 2.75) is 32.7 Å². The van der Waals surface area contributed by atoms with Crippen LogP contribution in [0, 0.1) is 0 Å². The highest BCUT2D eigenvalue weighted by atomic mass is 16.3. The quantitative estimate of drug-likeness (QED) is 0.256. The molecule has 0 spiro atoms. The number of amides is 2. The average molecular weight is 444 g/mol. The van der Waals surface area contributed by atoms with E-state index >= 15 is 0 Å². The van der Waals surface area contributed by atoms with E-state index in [9.17, 15) is 14.4 Å². The zero-order valence-corrected chi connectivity index (χ0v) is 18.2. The normalized spacial score (nSPS) is 11.3. The molecule has 2 heterocycles. The van der Waals surface area contributed by atoms with E-state index < -0.39 is 11.8 Å². The van der Waals surface area contributed by atoms with E-state index in [-0.39, 0.29) is 11.3 Å². The summed E-state index contributed by atoms with van der Waals surface area (Å²) in [5, 5.41) is 6.04. The van der Waals surface area contributed by atoms with Crippen molar-refractivity contribution in [1.29, 1.82) is 0 Å². The zero-order chi connectivity index (χ0) is 23.2. The van der Waals surface area contributed by atoms with Crippen molar-refractivity contribution in [2.24, 2.45) is 0 Å². The standard InChI is InChI=1S/C25H24N4O4/c1-2-3-8-15-29-25(32)20-11-6-5-10-19(20)23(28-29)24(31)27-26-22(30)14-13-18-16-17-9-4-7-12-21(17)33-18/h4-7,9-14,16H,2-3,8,15H2,1H3,(H,26,30)(H,27,31)/b14-13+. The number of rotatable bonds is 7. The van der Waals surface area contributed by atoms with Crippen molar-refractivity contribution in [1.82, 2.24) is 20.6 Å². The summed E-state index contributed by atoms with van der Waals surface area (Å²) in [6, 6.07) is 16.1. The van der Waals surface area contributed by atoms with E-state index in [1.54, 1.807) is 24.3 Å². The maximum absolute atomic E-state index is 12.8. The third-order valence-corrected chi connectivity index (χ3v) is 5.20. The molecule has 168 valence electrons. The summed E-state index contributed by atoms with van der Waals surface area (Å²) in [7, 11) is 0. The van der Waals surface area contributed by atoms with Crippen molar-refractivity contribution >= 4 is 39.6 Å². The van der Waals surface area contributed by atoms with Crippen LogP contribution in [-0.4, -0.2) is 21.6 Å². The highest BCUT2D eigenvalue weighted by molar-refractivity contribution is 6.05. The third kappa shape index (κ3) is 5.01. The van der Waals surface area contributed by atoms with Gasteiger partial charge in [-0.15, -0.1) is 0 Å². The average Bonchev–Trinajstić information content (AvgIpc) is 3.26. The molecule has 0 radical (unpaired) electrons. The maximum Gasteiger partial charge on any atom is 0.290 e. The molecule has 0 aliphatic carbocycles. The summed E-state index contributed by atoms with van der Waals surface area (Å²) < 4.78 is 6.95. The largest absolute Gasteiger partial charge is 0.457 e. The Kier molecular flexibility index (Phi) is 6.64. The van der Waals surface area contributed by atoms with Crippen LogP contribution in [0.5, 0.6) is 0 Å². The molecule has 8 nitrogen and oxygen atoms in total. The van der Waals surface area contributed by atoms with Gasteiger partial charge in [-0.1, -0.05) is 56.2 Å². The molecule has 8 heteroatoms. The zero-order valence-electron chi connectivity index (χ0n) is 18.2. The Labute approximate surface area is 189 Å². The van der Waals surface area contributed by atoms with Crippen LogP contribution >= 0.6 is 0 Å². The number of para-hydroxylation sites is 1. The topological polar surface area (TPSA) is 106 Å². The molecule has 0 aliphatic heterocycles. The summed E-state index contributed by atoms with van der Waals surface area (Å²) in [4.78, 5) is 37.7. The first-order valence-electron chi connectivity index (χ1n) is 10.8. The number of hydrogen-bond donors (Lipinski definition) is 2. The molecule has 33 heavy (non-hydrogen) atoms. The lowest BCUT2D eigenvalue weighted by Gasteiger charge is -2.11. The monoisotopic (exact) mass is 444 g/mol. The van der Waals surface area contributed by atoms with Gasteiger partial charge in [-0.2, -0.15) is 5.10 Å². The Hall–Kier alpha value is -4.20. The molecule has 0 saturated heterocycles. The molecule has 0 bridgehead atoms. The minimum atomic E-state index is -0.610. The fraction of sp³-hybridized carbons (Fsp3) is 0.200. The number of benzene rings is 2. The first-order valence-corrected chi connectivity index (χ1v) is 10.8. The van der Waals surface area contributed by atoms with E-state index in [1.165, 1.54) is 16.8 Å². The predicted octanol–water partition coefficient (Wildman–Crippen LogP) is 3.81. The van der Waals surface area contributed by atoms with Crippen molar-refractivity contribution in [2.75, 3.05) is 0 Å². The molecule has 2 aromatic carbocycles. The van der Waals surface area contributed by atoms with Gasteiger partial charge in [0.25, 0.3) is 17.4 Å². The van der Waals surface area contributed by atoms with Crippen LogP contribution in [0.3, 0.4) is 0 Å². The Morgan fingerprint density at radius 3 is 2.58 bits per heavy atom. The van der Waals surface area contributed by atoms with Gasteiger partial charge in [0.2, 0.25) is 0 Å². The molecule has 4 aromatic rings. The Balaban J connectivity index is 1.48. The highest BCUT2D eigenvalue weighted by Gasteiger charge is 2.17. The van der Waals surface area contributed by atoms with Crippen molar-refractivity contribution in [3.63, 3.8) is 0 Å². The lowest BCUT2D eigenvalue weighted by atomic mass is 10.1. The molecule has 2 N–H and O–H groups in total. The molecule has 0 unspecified atom stereocenters. The molecular weight excluding hydrogens is 420 g/mol. The van der Waals surface area contributed by atoms with Gasteiger partial charge in [0.05, 0.1) is 5.39 Å². The summed E-state index contributed by atoms with van der Waals surface area (Å²) in [6.07, 6.45) is 5.52. The second kappa shape index (κ2) is 9.95. The summed E-state index contributed by atoms with van der Waals surface area (Å²) in [6.45, 7) is 2.49. The number of furan rings is 1. The highest BCUT2D eigenvalue weighted by Crippen LogP contribution is 2.19. The van der Waals surface area contributed by atoms with Crippen LogP contribution in [0.2, 0.25) is 0 Å². The Bertz CT molecular complexity index is 1370. The lowest BCUT2D eigenvalue weighted by Crippen LogP contribution is -2.42. The van der Waals surface area contributed by atoms with Crippen LogP contribution in [0.1, 0.15) is 42.4 Å². The van der Waals surface area contributed by atoms with Gasteiger partial charge in [0, 0.05) is 23.4 Å². The Morgan fingerprint density at radius 1 is 1.03 bits per heavy atom. The van der Waals surface area contributed by atoms with Crippen LogP contribution in [-0.2, 0) is 11.3 Å². The summed E-state index contributed by atoms with van der Waals surface area (Å²) in [5.74, 6) is -0.630. The van der Waals surface area contributed by atoms with Gasteiger partial charge in [-0.25, -0.2) is 4.68 Å². The predicted molar refractivity (Wildman–Crippen MR) is 126 cm³/mol. The van der Waals surface area contributed by atoms with Gasteiger partial charge in [0.1, 0.15) is 11.3 Å². The number of carbonyl (C=O) groups is 2. The summed E-state index contributed by atoms with van der Waals surface area (Å²) in [5.41, 5.74) is 5.26. The number of aryl methyl sites for hydroxylation is 1. The van der Waals surface area contributed by atoms with Crippen LogP contribution in [0.15, 0.2) is 69.9 Å². The smallest absolute Gasteiger partial charge is 0.290 e. The lowest BCUT2D eigenvalue weighted by molar-refractivity contribution is -0.117. The summed E-state index contributed by atoms with van der Waals surface area (Å²) >= 11 is 0. The number of aromatic nitrogens is 2. The fourth-order valence-corrected chi connectivity index (χ4v) is 3.53. The Morgan fingerprint density at radius 2 is 1.79 bits per heavy atom. The molecule has 2 amide bonds. The number of nitrogens with zero attached hydrogens (tertiary/aromatic N) is 2. The van der Waals surface area contributed by atoms with Crippen molar-refractivity contribution < 1.29 is 14.0 Å². The van der Waals surface area contributed by atoms with E-state index in [0.29, 0.717) is 23.1 Å². The first-order chi connectivity index (χ1) is 16.1. The SMILES string of the molecule is CCCCCn1nc(C(=O)NNC(=O)/C=C/c2cc3ccccc3o2)c2ccccc2c1=O. The number of unbranched alkanes of at least 4 members (excludes halogenated alkanes) is 2. The van der Waals surface area contributed by atoms with Crippen LogP contribution in [0.4, 0.5) is 0 Å². The number of hydrogen-bond acceptors (Lipinski definition) is 5. The third-order valence-electron chi connectivity index (χ3n) is 5.20. The van der Waals surface area contributed by atoms with E-state index in [0.717, 1.165) is 30.2 Å². The van der Waals surface area contributed by atoms with E-state index in [2.05, 4.69) is 22.9 Å². The number of hydrazine groups is 1. The van der Waals surface area contributed by atoms with Crippen LogP contribution < -0.4 is 16.4 Å². The molecule has 4 rings (SSSR count). The van der Waals surface area contributed by atoms with Gasteiger partial charge in [0.15, 0.2) is 5.69 Å².